The fraction of sp³-hybridized carbons (Fsp3) is 0.385. The van der Waals surface area contributed by atoms with E-state index < -0.39 is 65.5 Å². The molecule has 3 atom stereocenters. The van der Waals surface area contributed by atoms with Crippen LogP contribution in [0.1, 0.15) is 48.3 Å². The molecule has 2 aromatic rings. The number of hydrogen-bond acceptors (Lipinski definition) is 5. The van der Waals surface area contributed by atoms with Crippen LogP contribution >= 0.6 is 0 Å². The van der Waals surface area contributed by atoms with E-state index >= 15 is 0 Å². The van der Waals surface area contributed by atoms with Gasteiger partial charge in [0.15, 0.2) is 0 Å². The highest BCUT2D eigenvalue weighted by atomic mass is 19.4. The van der Waals surface area contributed by atoms with Gasteiger partial charge in [-0.05, 0) is 48.7 Å². The summed E-state index contributed by atoms with van der Waals surface area (Å²) in [4.78, 5) is 50.4. The molecule has 0 radical (unpaired) electrons. The lowest BCUT2D eigenvalue weighted by Gasteiger charge is -2.26. The summed E-state index contributed by atoms with van der Waals surface area (Å²) in [6.07, 6.45) is -9.94. The maximum atomic E-state index is 13.1. The number of nitrogens with one attached hydrogen (secondary N) is 3. The van der Waals surface area contributed by atoms with E-state index in [0.29, 0.717) is 11.8 Å². The van der Waals surface area contributed by atoms with Gasteiger partial charge in [-0.3, -0.25) is 19.2 Å². The number of carbonyl (C=O) groups excluding carboxylic acids is 4. The first-order valence-electron chi connectivity index (χ1n) is 11.8. The molecule has 0 heterocycles. The zero-order chi connectivity index (χ0) is 30.4. The Balaban J connectivity index is 2.28. The second-order valence-electron chi connectivity index (χ2n) is 9.08. The third kappa shape index (κ3) is 8.45. The minimum absolute atomic E-state index is 0.102. The molecular weight excluding hydrogens is 548 g/mol. The average molecular weight is 576 g/mol. The molecule has 0 aromatic heterocycles. The van der Waals surface area contributed by atoms with Crippen molar-refractivity contribution in [2.24, 2.45) is 5.92 Å². The summed E-state index contributed by atoms with van der Waals surface area (Å²) in [6.45, 7) is 3.77. The van der Waals surface area contributed by atoms with Crippen LogP contribution in [-0.2, 0) is 20.6 Å². The van der Waals surface area contributed by atoms with Crippen LogP contribution in [0.5, 0.6) is 5.75 Å². The largest absolute Gasteiger partial charge is 0.497 e. The number of ether oxygens (including phenoxy) is 1. The monoisotopic (exact) mass is 575 g/mol. The number of ketones is 1. The van der Waals surface area contributed by atoms with Gasteiger partial charge in [-0.25, -0.2) is 0 Å². The molecule has 0 spiro atoms. The zero-order valence-electron chi connectivity index (χ0n) is 21.7. The maximum absolute atomic E-state index is 13.1. The van der Waals surface area contributed by atoms with E-state index in [0.717, 1.165) is 18.2 Å². The van der Waals surface area contributed by atoms with Gasteiger partial charge in [0.2, 0.25) is 11.8 Å². The molecular formula is C26H27F6N3O5. The Hall–Kier alpha value is -4.10. The van der Waals surface area contributed by atoms with Gasteiger partial charge in [-0.2, -0.15) is 26.3 Å². The van der Waals surface area contributed by atoms with Crippen LogP contribution in [0.4, 0.5) is 26.3 Å². The predicted molar refractivity (Wildman–Crippen MR) is 130 cm³/mol. The highest BCUT2D eigenvalue weighted by Gasteiger charge is 2.45. The maximum Gasteiger partial charge on any atom is 0.452 e. The summed E-state index contributed by atoms with van der Waals surface area (Å²) >= 11 is 0. The third-order valence-corrected chi connectivity index (χ3v) is 5.72. The molecule has 0 saturated heterocycles. The zero-order valence-corrected chi connectivity index (χ0v) is 21.7. The van der Waals surface area contributed by atoms with Gasteiger partial charge < -0.3 is 20.7 Å². The fourth-order valence-electron chi connectivity index (χ4n) is 3.49. The molecule has 2 rings (SSSR count). The van der Waals surface area contributed by atoms with Gasteiger partial charge in [0.05, 0.1) is 18.7 Å². The second kappa shape index (κ2) is 12.8. The molecule has 0 fully saturated rings. The number of hydrogen-bond donors (Lipinski definition) is 3. The Kier molecular flexibility index (Phi) is 10.3. The molecule has 0 aliphatic carbocycles. The fourth-order valence-corrected chi connectivity index (χ4v) is 3.49. The number of benzene rings is 2. The van der Waals surface area contributed by atoms with Crippen molar-refractivity contribution in [2.75, 3.05) is 7.11 Å². The van der Waals surface area contributed by atoms with Crippen LogP contribution in [-0.4, -0.2) is 48.9 Å². The summed E-state index contributed by atoms with van der Waals surface area (Å²) in [5.41, 5.74) is -1.36. The number of carbonyl (C=O) groups is 4. The first kappa shape index (κ1) is 32.1. The van der Waals surface area contributed by atoms with Crippen molar-refractivity contribution in [3.05, 3.63) is 65.2 Å². The van der Waals surface area contributed by atoms with Crippen molar-refractivity contribution in [3.63, 3.8) is 0 Å². The predicted octanol–water partition coefficient (Wildman–Crippen LogP) is 3.96. The van der Waals surface area contributed by atoms with Gasteiger partial charge in [0.25, 0.3) is 11.7 Å². The molecule has 0 bridgehead atoms. The van der Waals surface area contributed by atoms with Crippen LogP contribution in [0.2, 0.25) is 0 Å². The highest BCUT2D eigenvalue weighted by Crippen LogP contribution is 2.29. The van der Waals surface area contributed by atoms with Crippen LogP contribution in [0.25, 0.3) is 0 Å². The van der Waals surface area contributed by atoms with E-state index in [1.54, 1.807) is 0 Å². The lowest BCUT2D eigenvalue weighted by Crippen LogP contribution is -2.54. The molecule has 3 unspecified atom stereocenters. The van der Waals surface area contributed by atoms with Crippen LogP contribution < -0.4 is 20.7 Å². The van der Waals surface area contributed by atoms with Crippen LogP contribution in [0, 0.1) is 5.92 Å². The number of alkyl halides is 6. The Morgan fingerprint density at radius 3 is 1.90 bits per heavy atom. The number of Topliss-reactive ketones (excluding diaryl/α,β-unsaturated/α-hetero) is 1. The molecule has 40 heavy (non-hydrogen) atoms. The molecule has 2 aromatic carbocycles. The summed E-state index contributed by atoms with van der Waals surface area (Å²) in [6, 6.07) is 4.05. The van der Waals surface area contributed by atoms with E-state index in [4.69, 9.17) is 4.74 Å². The topological polar surface area (TPSA) is 114 Å². The standard InChI is InChI=1S/C26H27F6N3O5/c1-13(2)19(21(36)26(30,31)32)34-24(39)20(15-8-10-18(40-4)11-9-15)35-22(37)14(3)33-23(38)16-6-5-7-17(12-16)25(27,28)29/h5-14,19-20H,1-4H3,(H,33,38)(H,34,39)(H,35,37). The molecule has 218 valence electrons. The van der Waals surface area contributed by atoms with Crippen molar-refractivity contribution in [1.82, 2.24) is 16.0 Å². The SMILES string of the molecule is COc1ccc(C(NC(=O)C(C)NC(=O)c2cccc(C(F)(F)F)c2)C(=O)NC(C(=O)C(F)(F)F)C(C)C)cc1. The van der Waals surface area contributed by atoms with E-state index in [2.05, 4.69) is 10.6 Å². The van der Waals surface area contributed by atoms with E-state index in [1.807, 2.05) is 5.32 Å². The molecule has 8 nitrogen and oxygen atoms in total. The highest BCUT2D eigenvalue weighted by molar-refractivity contribution is 5.99. The summed E-state index contributed by atoms with van der Waals surface area (Å²) in [5.74, 6) is -5.93. The van der Waals surface area contributed by atoms with Crippen molar-refractivity contribution < 1.29 is 50.3 Å². The molecule has 3 amide bonds. The summed E-state index contributed by atoms with van der Waals surface area (Å²) < 4.78 is 83.3. The van der Waals surface area contributed by atoms with Gasteiger partial charge >= 0.3 is 12.4 Å². The molecule has 0 saturated carbocycles. The molecule has 3 N–H and O–H groups in total. The Morgan fingerprint density at radius 2 is 1.40 bits per heavy atom. The Bertz CT molecular complexity index is 1230. The van der Waals surface area contributed by atoms with Gasteiger partial charge in [0.1, 0.15) is 17.8 Å². The number of halogens is 6. The minimum Gasteiger partial charge on any atom is -0.497 e. The second-order valence-corrected chi connectivity index (χ2v) is 9.08. The van der Waals surface area contributed by atoms with Gasteiger partial charge in [-0.1, -0.05) is 32.0 Å². The van der Waals surface area contributed by atoms with E-state index in [1.165, 1.54) is 52.1 Å². The summed E-state index contributed by atoms with van der Waals surface area (Å²) in [5, 5.41) is 6.55. The van der Waals surface area contributed by atoms with Crippen molar-refractivity contribution >= 4 is 23.5 Å². The first-order valence-corrected chi connectivity index (χ1v) is 11.8. The quantitative estimate of drug-likeness (QED) is 0.372. The van der Waals surface area contributed by atoms with Gasteiger partial charge in [-0.15, -0.1) is 0 Å². The first-order chi connectivity index (χ1) is 18.4. The van der Waals surface area contributed by atoms with E-state index in [-0.39, 0.29) is 11.1 Å². The van der Waals surface area contributed by atoms with Crippen molar-refractivity contribution in [3.8, 4) is 5.75 Å². The molecule has 0 aliphatic heterocycles. The Labute approximate surface area is 225 Å². The van der Waals surface area contributed by atoms with E-state index in [9.17, 15) is 45.5 Å². The number of rotatable bonds is 10. The van der Waals surface area contributed by atoms with Crippen LogP contribution in [0.3, 0.4) is 0 Å². The van der Waals surface area contributed by atoms with Gasteiger partial charge in [0, 0.05) is 5.56 Å². The number of methoxy groups -OCH3 is 1. The normalized spacial score (nSPS) is 14.1. The Morgan fingerprint density at radius 1 is 0.800 bits per heavy atom. The lowest BCUT2D eigenvalue weighted by atomic mass is 9.97. The third-order valence-electron chi connectivity index (χ3n) is 5.72. The average Bonchev–Trinajstić information content (AvgIpc) is 2.88. The molecule has 14 heteroatoms. The molecule has 0 aliphatic rings. The minimum atomic E-state index is -5.23. The lowest BCUT2D eigenvalue weighted by molar-refractivity contribution is -0.175. The van der Waals surface area contributed by atoms with Crippen molar-refractivity contribution in [1.29, 1.82) is 0 Å². The van der Waals surface area contributed by atoms with Crippen molar-refractivity contribution in [2.45, 2.75) is 51.2 Å². The van der Waals surface area contributed by atoms with Crippen LogP contribution in [0.15, 0.2) is 48.5 Å². The number of amides is 3. The smallest absolute Gasteiger partial charge is 0.452 e. The summed E-state index contributed by atoms with van der Waals surface area (Å²) in [7, 11) is 1.37.